The largest absolute Gasteiger partial charge is 0.304 e. The third-order valence-electron chi connectivity index (χ3n) is 4.32. The fourth-order valence-corrected chi connectivity index (χ4v) is 4.44. The van der Waals surface area contributed by atoms with Crippen LogP contribution in [0.25, 0.3) is 0 Å². The standard InChI is InChI=1S/C13H20N2OS/c1-7(2)11-12(16)15-13(17-11)14-10-6-8-3-4-9(10)5-8/h7-11H,3-6H2,1-2H3,(H,14,15,16)/t8-,9+,10+,11+/m1/s1. The van der Waals surface area contributed by atoms with E-state index in [1.165, 1.54) is 25.7 Å². The second-order valence-electron chi connectivity index (χ2n) is 5.95. The third-order valence-corrected chi connectivity index (χ3v) is 5.76. The lowest BCUT2D eigenvalue weighted by Crippen LogP contribution is -2.28. The molecule has 2 saturated carbocycles. The molecule has 3 fully saturated rings. The number of fused-ring (bicyclic) bond motifs is 2. The van der Waals surface area contributed by atoms with Gasteiger partial charge in [-0.05, 0) is 37.0 Å². The molecular weight excluding hydrogens is 232 g/mol. The van der Waals surface area contributed by atoms with E-state index in [0.717, 1.165) is 17.0 Å². The van der Waals surface area contributed by atoms with Gasteiger partial charge in [-0.15, -0.1) is 0 Å². The van der Waals surface area contributed by atoms with Crippen molar-refractivity contribution < 1.29 is 4.79 Å². The molecule has 0 unspecified atom stereocenters. The third kappa shape index (κ3) is 2.12. The van der Waals surface area contributed by atoms with E-state index in [2.05, 4.69) is 19.2 Å². The maximum atomic E-state index is 11.7. The highest BCUT2D eigenvalue weighted by Gasteiger charge is 2.41. The summed E-state index contributed by atoms with van der Waals surface area (Å²) in [6.45, 7) is 4.19. The zero-order valence-electron chi connectivity index (χ0n) is 10.5. The summed E-state index contributed by atoms with van der Waals surface area (Å²) in [6, 6.07) is 0.488. The molecule has 2 aliphatic carbocycles. The van der Waals surface area contributed by atoms with Crippen LogP contribution in [-0.2, 0) is 4.79 Å². The molecule has 0 aromatic heterocycles. The average Bonchev–Trinajstić information content (AvgIpc) is 2.93. The highest BCUT2D eigenvalue weighted by molar-refractivity contribution is 8.15. The number of aliphatic imine (C=N–C) groups is 1. The maximum Gasteiger partial charge on any atom is 0.239 e. The zero-order valence-corrected chi connectivity index (χ0v) is 11.3. The average molecular weight is 252 g/mol. The van der Waals surface area contributed by atoms with Crippen molar-refractivity contribution in [3.8, 4) is 0 Å². The minimum atomic E-state index is 0.0624. The van der Waals surface area contributed by atoms with Crippen molar-refractivity contribution >= 4 is 22.8 Å². The summed E-state index contributed by atoms with van der Waals surface area (Å²) in [4.78, 5) is 16.5. The number of carbonyl (C=O) groups is 1. The van der Waals surface area contributed by atoms with E-state index in [1.54, 1.807) is 11.8 Å². The molecule has 1 heterocycles. The molecule has 1 N–H and O–H groups in total. The van der Waals surface area contributed by atoms with Crippen LogP contribution >= 0.6 is 11.8 Å². The van der Waals surface area contributed by atoms with Crippen LogP contribution in [0.1, 0.15) is 39.5 Å². The summed E-state index contributed by atoms with van der Waals surface area (Å²) in [5.41, 5.74) is 0. The lowest BCUT2D eigenvalue weighted by Gasteiger charge is -2.17. The lowest BCUT2D eigenvalue weighted by molar-refractivity contribution is -0.119. The molecule has 94 valence electrons. The molecule has 1 saturated heterocycles. The molecular formula is C13H20N2OS. The van der Waals surface area contributed by atoms with E-state index in [9.17, 15) is 4.79 Å². The molecule has 3 nitrogen and oxygen atoms in total. The van der Waals surface area contributed by atoms with E-state index in [4.69, 9.17) is 4.99 Å². The van der Waals surface area contributed by atoms with Gasteiger partial charge in [0.05, 0.1) is 11.3 Å². The quantitative estimate of drug-likeness (QED) is 0.820. The summed E-state index contributed by atoms with van der Waals surface area (Å²) in [5, 5.41) is 3.89. The van der Waals surface area contributed by atoms with E-state index in [0.29, 0.717) is 12.0 Å². The Morgan fingerprint density at radius 1 is 1.35 bits per heavy atom. The number of amidine groups is 1. The van der Waals surface area contributed by atoms with Gasteiger partial charge in [0, 0.05) is 0 Å². The Kier molecular flexibility index (Phi) is 2.93. The van der Waals surface area contributed by atoms with Crippen molar-refractivity contribution in [1.82, 2.24) is 5.32 Å². The number of hydrogen-bond acceptors (Lipinski definition) is 3. The predicted octanol–water partition coefficient (Wildman–Crippen LogP) is 2.42. The lowest BCUT2D eigenvalue weighted by atomic mass is 9.96. The van der Waals surface area contributed by atoms with Crippen molar-refractivity contribution in [2.75, 3.05) is 0 Å². The summed E-state index contributed by atoms with van der Waals surface area (Å²) >= 11 is 1.63. The van der Waals surface area contributed by atoms with Gasteiger partial charge in [-0.25, -0.2) is 0 Å². The Morgan fingerprint density at radius 3 is 2.71 bits per heavy atom. The van der Waals surface area contributed by atoms with Crippen LogP contribution in [0.4, 0.5) is 0 Å². The number of carbonyl (C=O) groups excluding carboxylic acids is 1. The zero-order chi connectivity index (χ0) is 12.0. The topological polar surface area (TPSA) is 41.5 Å². The van der Waals surface area contributed by atoms with Crippen LogP contribution in [-0.4, -0.2) is 22.4 Å². The monoisotopic (exact) mass is 252 g/mol. The van der Waals surface area contributed by atoms with Crippen molar-refractivity contribution in [3.05, 3.63) is 0 Å². The number of amides is 1. The molecule has 0 aromatic carbocycles. The fraction of sp³-hybridized carbons (Fsp3) is 0.846. The van der Waals surface area contributed by atoms with Crippen molar-refractivity contribution in [2.24, 2.45) is 22.7 Å². The highest BCUT2D eigenvalue weighted by atomic mass is 32.2. The Bertz CT molecular complexity index is 366. The van der Waals surface area contributed by atoms with Gasteiger partial charge in [-0.2, -0.15) is 0 Å². The number of rotatable bonds is 2. The first-order chi connectivity index (χ1) is 8.13. The first kappa shape index (κ1) is 11.6. The molecule has 0 radical (unpaired) electrons. The molecule has 4 atom stereocenters. The van der Waals surface area contributed by atoms with Crippen molar-refractivity contribution in [3.63, 3.8) is 0 Å². The number of hydrogen-bond donors (Lipinski definition) is 1. The number of thioether (sulfide) groups is 1. The Morgan fingerprint density at radius 2 is 2.18 bits per heavy atom. The van der Waals surface area contributed by atoms with Crippen LogP contribution < -0.4 is 5.32 Å². The second-order valence-corrected chi connectivity index (χ2v) is 7.08. The smallest absolute Gasteiger partial charge is 0.239 e. The summed E-state index contributed by atoms with van der Waals surface area (Å²) in [7, 11) is 0. The summed E-state index contributed by atoms with van der Waals surface area (Å²) in [6.07, 6.45) is 5.36. The summed E-state index contributed by atoms with van der Waals surface area (Å²) < 4.78 is 0. The van der Waals surface area contributed by atoms with Crippen LogP contribution in [0.15, 0.2) is 4.99 Å². The van der Waals surface area contributed by atoms with E-state index < -0.39 is 0 Å². The van der Waals surface area contributed by atoms with Gasteiger partial charge < -0.3 is 5.32 Å². The molecule has 2 bridgehead atoms. The molecule has 3 rings (SSSR count). The molecule has 4 heteroatoms. The van der Waals surface area contributed by atoms with Crippen molar-refractivity contribution in [1.29, 1.82) is 0 Å². The van der Waals surface area contributed by atoms with Gasteiger partial charge in [0.2, 0.25) is 5.91 Å². The van der Waals surface area contributed by atoms with Crippen LogP contribution in [0, 0.1) is 17.8 Å². The molecule has 17 heavy (non-hydrogen) atoms. The second kappa shape index (κ2) is 4.30. The number of nitrogens with zero attached hydrogens (tertiary/aromatic N) is 1. The summed E-state index contributed by atoms with van der Waals surface area (Å²) in [5.74, 6) is 2.24. The van der Waals surface area contributed by atoms with Crippen molar-refractivity contribution in [2.45, 2.75) is 50.8 Å². The molecule has 1 aliphatic heterocycles. The van der Waals surface area contributed by atoms with Crippen LogP contribution in [0.2, 0.25) is 0 Å². The Hall–Kier alpha value is -0.510. The van der Waals surface area contributed by atoms with Crippen LogP contribution in [0.3, 0.4) is 0 Å². The first-order valence-corrected chi connectivity index (χ1v) is 7.56. The van der Waals surface area contributed by atoms with E-state index in [1.807, 2.05) is 0 Å². The fourth-order valence-electron chi connectivity index (χ4n) is 3.40. The van der Waals surface area contributed by atoms with E-state index >= 15 is 0 Å². The van der Waals surface area contributed by atoms with Gasteiger partial charge in [0.25, 0.3) is 0 Å². The van der Waals surface area contributed by atoms with Gasteiger partial charge >= 0.3 is 0 Å². The Balaban J connectivity index is 1.68. The Labute approximate surface area is 107 Å². The van der Waals surface area contributed by atoms with Gasteiger partial charge in [0.1, 0.15) is 0 Å². The predicted molar refractivity (Wildman–Crippen MR) is 71.0 cm³/mol. The van der Waals surface area contributed by atoms with Gasteiger partial charge in [-0.1, -0.05) is 32.0 Å². The maximum absolute atomic E-state index is 11.7. The van der Waals surface area contributed by atoms with Gasteiger partial charge in [-0.3, -0.25) is 9.79 Å². The van der Waals surface area contributed by atoms with E-state index in [-0.39, 0.29) is 11.2 Å². The minimum absolute atomic E-state index is 0.0624. The normalized spacial score (nSPS) is 42.8. The molecule has 1 amide bonds. The highest BCUT2D eigenvalue weighted by Crippen LogP contribution is 2.46. The minimum Gasteiger partial charge on any atom is -0.304 e. The first-order valence-electron chi connectivity index (χ1n) is 6.69. The van der Waals surface area contributed by atoms with Gasteiger partial charge in [0.15, 0.2) is 5.17 Å². The molecule has 3 aliphatic rings. The molecule has 0 spiro atoms. The van der Waals surface area contributed by atoms with Crippen LogP contribution in [0.5, 0.6) is 0 Å². The SMILES string of the molecule is CC(C)[C@@H]1SC(=N[C@H]2C[C@@H]3CC[C@H]2C3)NC1=O. The molecule has 0 aromatic rings. The number of nitrogens with one attached hydrogen (secondary N) is 1.